The molecule has 1 heterocycles. The van der Waals surface area contributed by atoms with Gasteiger partial charge in [-0.05, 0) is 46.6 Å². The Morgan fingerprint density at radius 3 is 2.89 bits per heavy atom. The van der Waals surface area contributed by atoms with Crippen molar-refractivity contribution in [3.8, 4) is 11.5 Å². The molecule has 0 radical (unpaired) electrons. The van der Waals surface area contributed by atoms with E-state index < -0.39 is 0 Å². The van der Waals surface area contributed by atoms with Crippen molar-refractivity contribution in [2.45, 2.75) is 19.9 Å². The first kappa shape index (κ1) is 14.1. The van der Waals surface area contributed by atoms with Gasteiger partial charge in [0.15, 0.2) is 5.75 Å². The van der Waals surface area contributed by atoms with Gasteiger partial charge in [-0.1, -0.05) is 13.0 Å². The Kier molecular flexibility index (Phi) is 4.99. The van der Waals surface area contributed by atoms with Gasteiger partial charge in [0.1, 0.15) is 5.75 Å². The van der Waals surface area contributed by atoms with E-state index in [9.17, 15) is 0 Å². The molecule has 0 amide bonds. The molecular formula is C14H18BrN3O. The molecule has 5 heteroatoms. The van der Waals surface area contributed by atoms with E-state index in [4.69, 9.17) is 4.74 Å². The lowest BCUT2D eigenvalue weighted by Gasteiger charge is -2.08. The lowest BCUT2D eigenvalue weighted by molar-refractivity contribution is 0.478. The van der Waals surface area contributed by atoms with Crippen molar-refractivity contribution in [2.24, 2.45) is 7.05 Å². The van der Waals surface area contributed by atoms with Gasteiger partial charge in [-0.25, -0.2) is 0 Å². The molecule has 2 rings (SSSR count). The monoisotopic (exact) mass is 323 g/mol. The van der Waals surface area contributed by atoms with E-state index in [2.05, 4.69) is 45.4 Å². The van der Waals surface area contributed by atoms with Crippen LogP contribution in [0, 0.1) is 0 Å². The van der Waals surface area contributed by atoms with Crippen molar-refractivity contribution in [2.75, 3.05) is 6.54 Å². The predicted octanol–water partition coefficient (Wildman–Crippen LogP) is 3.47. The van der Waals surface area contributed by atoms with Gasteiger partial charge < -0.3 is 10.1 Å². The smallest absolute Gasteiger partial charge is 0.165 e. The van der Waals surface area contributed by atoms with Crippen LogP contribution in [-0.4, -0.2) is 16.3 Å². The first-order valence-electron chi connectivity index (χ1n) is 6.34. The molecule has 0 aliphatic rings. The average Bonchev–Trinajstić information content (AvgIpc) is 2.79. The summed E-state index contributed by atoms with van der Waals surface area (Å²) in [5, 5.41) is 7.45. The van der Waals surface area contributed by atoms with Gasteiger partial charge in [-0.2, -0.15) is 5.10 Å². The zero-order valence-corrected chi connectivity index (χ0v) is 12.8. The number of rotatable bonds is 6. The minimum absolute atomic E-state index is 0.736. The summed E-state index contributed by atoms with van der Waals surface area (Å²) >= 11 is 3.54. The van der Waals surface area contributed by atoms with Crippen LogP contribution in [0.25, 0.3) is 0 Å². The van der Waals surface area contributed by atoms with Gasteiger partial charge in [0.2, 0.25) is 0 Å². The number of nitrogens with zero attached hydrogens (tertiary/aromatic N) is 2. The lowest BCUT2D eigenvalue weighted by Crippen LogP contribution is -2.13. The van der Waals surface area contributed by atoms with E-state index in [1.165, 1.54) is 5.56 Å². The third-order valence-electron chi connectivity index (χ3n) is 2.66. The molecule has 19 heavy (non-hydrogen) atoms. The molecule has 0 aliphatic carbocycles. The van der Waals surface area contributed by atoms with Gasteiger partial charge >= 0.3 is 0 Å². The van der Waals surface area contributed by atoms with E-state index in [0.717, 1.165) is 35.5 Å². The molecule has 0 saturated heterocycles. The summed E-state index contributed by atoms with van der Waals surface area (Å²) in [6.07, 6.45) is 4.68. The maximum Gasteiger partial charge on any atom is 0.165 e. The maximum atomic E-state index is 5.76. The van der Waals surface area contributed by atoms with Crippen molar-refractivity contribution in [1.29, 1.82) is 0 Å². The second-order valence-corrected chi connectivity index (χ2v) is 5.25. The molecule has 102 valence electrons. The Hall–Kier alpha value is -1.33. The number of aryl methyl sites for hydroxylation is 1. The van der Waals surface area contributed by atoms with E-state index >= 15 is 0 Å². The van der Waals surface area contributed by atoms with Crippen LogP contribution in [0.2, 0.25) is 0 Å². The SMILES string of the molecule is CCCNCc1ccc(Oc2cnn(C)c2)c(Br)c1. The summed E-state index contributed by atoms with van der Waals surface area (Å²) in [7, 11) is 1.87. The standard InChI is InChI=1S/C14H18BrN3O/c1-3-6-16-8-11-4-5-14(13(15)7-11)19-12-9-17-18(2)10-12/h4-5,7,9-10,16H,3,6,8H2,1-2H3. The van der Waals surface area contributed by atoms with Crippen LogP contribution >= 0.6 is 15.9 Å². The van der Waals surface area contributed by atoms with E-state index in [1.807, 2.05) is 19.3 Å². The molecule has 1 aromatic heterocycles. The Bertz CT molecular complexity index is 539. The summed E-state index contributed by atoms with van der Waals surface area (Å²) in [5.41, 5.74) is 1.24. The first-order chi connectivity index (χ1) is 9.19. The molecule has 0 fully saturated rings. The van der Waals surface area contributed by atoms with E-state index in [-0.39, 0.29) is 0 Å². The summed E-state index contributed by atoms with van der Waals surface area (Å²) in [6.45, 7) is 4.07. The average molecular weight is 324 g/mol. The highest BCUT2D eigenvalue weighted by Gasteiger charge is 2.05. The number of halogens is 1. The molecular weight excluding hydrogens is 306 g/mol. The largest absolute Gasteiger partial charge is 0.453 e. The number of ether oxygens (including phenoxy) is 1. The zero-order valence-electron chi connectivity index (χ0n) is 11.2. The van der Waals surface area contributed by atoms with Crippen LogP contribution in [0.5, 0.6) is 11.5 Å². The topological polar surface area (TPSA) is 39.1 Å². The predicted molar refractivity (Wildman–Crippen MR) is 79.4 cm³/mol. The second-order valence-electron chi connectivity index (χ2n) is 4.39. The highest BCUT2D eigenvalue weighted by Crippen LogP contribution is 2.30. The second kappa shape index (κ2) is 6.73. The van der Waals surface area contributed by atoms with Crippen LogP contribution in [0.15, 0.2) is 35.1 Å². The summed E-state index contributed by atoms with van der Waals surface area (Å²) in [5.74, 6) is 1.53. The Labute approximate surface area is 121 Å². The van der Waals surface area contributed by atoms with Crippen LogP contribution < -0.4 is 10.1 Å². The van der Waals surface area contributed by atoms with Gasteiger partial charge in [0.05, 0.1) is 16.9 Å². The van der Waals surface area contributed by atoms with Crippen LogP contribution in [0.1, 0.15) is 18.9 Å². The molecule has 2 aromatic rings. The van der Waals surface area contributed by atoms with Crippen molar-refractivity contribution in [1.82, 2.24) is 15.1 Å². The van der Waals surface area contributed by atoms with Crippen molar-refractivity contribution >= 4 is 15.9 Å². The fraction of sp³-hybridized carbons (Fsp3) is 0.357. The van der Waals surface area contributed by atoms with E-state index in [0.29, 0.717) is 0 Å². The third kappa shape index (κ3) is 4.08. The van der Waals surface area contributed by atoms with E-state index in [1.54, 1.807) is 10.9 Å². The molecule has 1 aromatic carbocycles. The van der Waals surface area contributed by atoms with Gasteiger partial charge in [0, 0.05) is 13.6 Å². The number of benzene rings is 1. The van der Waals surface area contributed by atoms with Gasteiger partial charge in [-0.3, -0.25) is 4.68 Å². The molecule has 0 atom stereocenters. The minimum atomic E-state index is 0.736. The number of hydrogen-bond donors (Lipinski definition) is 1. The van der Waals surface area contributed by atoms with Crippen LogP contribution in [0.4, 0.5) is 0 Å². The third-order valence-corrected chi connectivity index (χ3v) is 3.28. The number of hydrogen-bond acceptors (Lipinski definition) is 3. The lowest BCUT2D eigenvalue weighted by atomic mass is 10.2. The van der Waals surface area contributed by atoms with Crippen molar-refractivity contribution in [3.05, 3.63) is 40.6 Å². The van der Waals surface area contributed by atoms with Crippen LogP contribution in [-0.2, 0) is 13.6 Å². The zero-order chi connectivity index (χ0) is 13.7. The fourth-order valence-electron chi connectivity index (χ4n) is 1.73. The first-order valence-corrected chi connectivity index (χ1v) is 7.14. The molecule has 0 unspecified atom stereocenters. The molecule has 1 N–H and O–H groups in total. The number of aromatic nitrogens is 2. The molecule has 0 spiro atoms. The Morgan fingerprint density at radius 2 is 2.26 bits per heavy atom. The highest BCUT2D eigenvalue weighted by molar-refractivity contribution is 9.10. The van der Waals surface area contributed by atoms with Crippen molar-refractivity contribution in [3.63, 3.8) is 0 Å². The maximum absolute atomic E-state index is 5.76. The molecule has 0 bridgehead atoms. The molecule has 0 saturated carbocycles. The summed E-state index contributed by atoms with van der Waals surface area (Å²) < 4.78 is 8.43. The van der Waals surface area contributed by atoms with Crippen LogP contribution in [0.3, 0.4) is 0 Å². The Morgan fingerprint density at radius 1 is 1.42 bits per heavy atom. The fourth-order valence-corrected chi connectivity index (χ4v) is 2.23. The minimum Gasteiger partial charge on any atom is -0.453 e. The highest BCUT2D eigenvalue weighted by atomic mass is 79.9. The summed E-state index contributed by atoms with van der Waals surface area (Å²) in [6, 6.07) is 6.12. The van der Waals surface area contributed by atoms with Crippen molar-refractivity contribution < 1.29 is 4.74 Å². The summed E-state index contributed by atoms with van der Waals surface area (Å²) in [4.78, 5) is 0. The molecule has 0 aliphatic heterocycles. The number of nitrogens with one attached hydrogen (secondary N) is 1. The van der Waals surface area contributed by atoms with Gasteiger partial charge in [-0.15, -0.1) is 0 Å². The molecule has 4 nitrogen and oxygen atoms in total. The van der Waals surface area contributed by atoms with Gasteiger partial charge in [0.25, 0.3) is 0 Å². The quantitative estimate of drug-likeness (QED) is 0.827. The normalized spacial score (nSPS) is 10.7. The Balaban J connectivity index is 2.02.